The van der Waals surface area contributed by atoms with Crippen molar-refractivity contribution in [3.05, 3.63) is 71.1 Å². The number of carbonyl (C=O) groups is 1. The molecule has 0 unspecified atom stereocenters. The molecule has 8 heteroatoms. The minimum atomic E-state index is -0.492. The molecule has 2 aromatic heterocycles. The molecule has 1 aliphatic heterocycles. The van der Waals surface area contributed by atoms with E-state index in [9.17, 15) is 4.79 Å². The fourth-order valence-corrected chi connectivity index (χ4v) is 4.31. The zero-order valence-electron chi connectivity index (χ0n) is 18.7. The van der Waals surface area contributed by atoms with Crippen LogP contribution in [0.3, 0.4) is 0 Å². The summed E-state index contributed by atoms with van der Waals surface area (Å²) in [5.41, 5.74) is 8.76. The van der Waals surface area contributed by atoms with Gasteiger partial charge in [0.2, 0.25) is 0 Å². The number of amides is 1. The van der Waals surface area contributed by atoms with Crippen molar-refractivity contribution < 1.29 is 9.53 Å². The highest BCUT2D eigenvalue weighted by Crippen LogP contribution is 2.31. The molecule has 1 aliphatic rings. The largest absolute Gasteiger partial charge is 0.494 e. The smallest absolute Gasteiger partial charge is 0.252 e. The van der Waals surface area contributed by atoms with Gasteiger partial charge in [-0.05, 0) is 57.0 Å². The summed E-state index contributed by atoms with van der Waals surface area (Å²) in [4.78, 5) is 23.1. The van der Waals surface area contributed by atoms with Gasteiger partial charge < -0.3 is 10.5 Å². The van der Waals surface area contributed by atoms with E-state index in [4.69, 9.17) is 10.5 Å². The maximum Gasteiger partial charge on any atom is 0.252 e. The lowest BCUT2D eigenvalue weighted by Crippen LogP contribution is -2.34. The molecule has 3 heterocycles. The van der Waals surface area contributed by atoms with Crippen LogP contribution in [0.4, 0.5) is 0 Å². The van der Waals surface area contributed by atoms with E-state index in [-0.39, 0.29) is 6.04 Å². The highest BCUT2D eigenvalue weighted by atomic mass is 16.5. The van der Waals surface area contributed by atoms with Gasteiger partial charge in [-0.1, -0.05) is 12.5 Å². The lowest BCUT2D eigenvalue weighted by molar-refractivity contribution is 0.0998. The monoisotopic (exact) mass is 434 g/mol. The van der Waals surface area contributed by atoms with Crippen molar-refractivity contribution in [3.63, 3.8) is 0 Å². The van der Waals surface area contributed by atoms with Gasteiger partial charge in [-0.3, -0.25) is 14.4 Å². The Balaban J connectivity index is 1.57. The Morgan fingerprint density at radius 3 is 2.88 bits per heavy atom. The van der Waals surface area contributed by atoms with E-state index >= 15 is 0 Å². The van der Waals surface area contributed by atoms with Crippen molar-refractivity contribution in [1.29, 1.82) is 0 Å². The van der Waals surface area contributed by atoms with Crippen LogP contribution < -0.4 is 10.5 Å². The number of likely N-dealkylation sites (tertiary alicyclic amines) is 1. The number of piperidine rings is 1. The minimum Gasteiger partial charge on any atom is -0.494 e. The van der Waals surface area contributed by atoms with E-state index in [0.29, 0.717) is 24.4 Å². The fourth-order valence-electron chi connectivity index (χ4n) is 4.31. The summed E-state index contributed by atoms with van der Waals surface area (Å²) in [5.74, 6) is 1.16. The zero-order chi connectivity index (χ0) is 22.5. The van der Waals surface area contributed by atoms with Gasteiger partial charge in [0.15, 0.2) is 0 Å². The molecule has 0 radical (unpaired) electrons. The Bertz CT molecular complexity index is 1070. The summed E-state index contributed by atoms with van der Waals surface area (Å²) in [5, 5.41) is 4.34. The quantitative estimate of drug-likeness (QED) is 0.584. The van der Waals surface area contributed by atoms with Crippen molar-refractivity contribution in [3.8, 4) is 5.75 Å². The fraction of sp³-hybridized carbons (Fsp3) is 0.417. The van der Waals surface area contributed by atoms with Gasteiger partial charge in [0.1, 0.15) is 11.6 Å². The second-order valence-corrected chi connectivity index (χ2v) is 8.15. The molecular formula is C24H30N6O2. The summed E-state index contributed by atoms with van der Waals surface area (Å²) in [7, 11) is 0. The predicted molar refractivity (Wildman–Crippen MR) is 121 cm³/mol. The molecule has 0 aliphatic carbocycles. The molecule has 1 amide bonds. The van der Waals surface area contributed by atoms with E-state index in [2.05, 4.69) is 38.2 Å². The van der Waals surface area contributed by atoms with Crippen LogP contribution in [0.2, 0.25) is 0 Å². The van der Waals surface area contributed by atoms with Crippen molar-refractivity contribution in [2.45, 2.75) is 52.2 Å². The van der Waals surface area contributed by atoms with E-state index in [1.54, 1.807) is 12.4 Å². The van der Waals surface area contributed by atoms with Gasteiger partial charge in [0.25, 0.3) is 5.91 Å². The van der Waals surface area contributed by atoms with Crippen LogP contribution in [0.15, 0.2) is 42.9 Å². The maximum atomic E-state index is 11.5. The summed E-state index contributed by atoms with van der Waals surface area (Å²) in [6, 6.07) is 8.43. The third-order valence-electron chi connectivity index (χ3n) is 5.88. The zero-order valence-corrected chi connectivity index (χ0v) is 18.7. The predicted octanol–water partition coefficient (Wildman–Crippen LogP) is 3.25. The number of hydrogen-bond donors (Lipinski definition) is 1. The van der Waals surface area contributed by atoms with Gasteiger partial charge in [-0.15, -0.1) is 0 Å². The molecule has 0 bridgehead atoms. The summed E-state index contributed by atoms with van der Waals surface area (Å²) < 4.78 is 7.76. The summed E-state index contributed by atoms with van der Waals surface area (Å²) >= 11 is 0. The summed E-state index contributed by atoms with van der Waals surface area (Å²) in [6.07, 6.45) is 8.58. The SMILES string of the molecule is CCOc1ccc(CN2CCCC[C@@H]2c2ncc(C(N)=O)c(C)n2)cc1Cn1cccn1. The van der Waals surface area contributed by atoms with Crippen LogP contribution in [0.25, 0.3) is 0 Å². The average molecular weight is 435 g/mol. The number of ether oxygens (including phenoxy) is 1. The van der Waals surface area contributed by atoms with Gasteiger partial charge in [-0.25, -0.2) is 9.97 Å². The number of carbonyl (C=O) groups excluding carboxylic acids is 1. The highest BCUT2D eigenvalue weighted by molar-refractivity contribution is 5.93. The van der Waals surface area contributed by atoms with Gasteiger partial charge >= 0.3 is 0 Å². The Morgan fingerprint density at radius 2 is 2.16 bits per heavy atom. The van der Waals surface area contributed by atoms with E-state index in [1.807, 2.05) is 30.8 Å². The van der Waals surface area contributed by atoms with Crippen molar-refractivity contribution in [2.24, 2.45) is 5.73 Å². The Hall–Kier alpha value is -3.26. The first-order chi connectivity index (χ1) is 15.5. The van der Waals surface area contributed by atoms with Crippen LogP contribution in [-0.4, -0.2) is 43.7 Å². The molecule has 1 atom stereocenters. The normalized spacial score (nSPS) is 16.8. The van der Waals surface area contributed by atoms with Crippen LogP contribution >= 0.6 is 0 Å². The lowest BCUT2D eigenvalue weighted by atomic mass is 9.99. The second kappa shape index (κ2) is 9.91. The molecule has 4 rings (SSSR count). The van der Waals surface area contributed by atoms with Crippen LogP contribution in [0.1, 0.15) is 65.2 Å². The first-order valence-electron chi connectivity index (χ1n) is 11.1. The Morgan fingerprint density at radius 1 is 1.28 bits per heavy atom. The second-order valence-electron chi connectivity index (χ2n) is 8.15. The molecule has 8 nitrogen and oxygen atoms in total. The van der Waals surface area contributed by atoms with E-state index in [1.165, 1.54) is 5.56 Å². The number of rotatable bonds is 8. The number of primary amides is 1. The minimum absolute atomic E-state index is 0.116. The highest BCUT2D eigenvalue weighted by Gasteiger charge is 2.27. The third kappa shape index (κ3) is 4.96. The number of nitrogens with zero attached hydrogens (tertiary/aromatic N) is 5. The Kier molecular flexibility index (Phi) is 6.80. The molecule has 3 aromatic rings. The average Bonchev–Trinajstić information content (AvgIpc) is 3.29. The van der Waals surface area contributed by atoms with Crippen LogP contribution in [0, 0.1) is 6.92 Å². The number of nitrogens with two attached hydrogens (primary N) is 1. The molecule has 0 spiro atoms. The molecule has 32 heavy (non-hydrogen) atoms. The Labute approximate surface area is 188 Å². The van der Waals surface area contributed by atoms with Gasteiger partial charge in [0, 0.05) is 30.7 Å². The maximum absolute atomic E-state index is 11.5. The van der Waals surface area contributed by atoms with Crippen LogP contribution in [0.5, 0.6) is 5.75 Å². The van der Waals surface area contributed by atoms with Crippen molar-refractivity contribution >= 4 is 5.91 Å². The standard InChI is InChI=1S/C24H30N6O2/c1-3-32-22-9-8-18(13-19(22)16-30-12-6-10-27-30)15-29-11-5-4-7-21(29)24-26-14-20(23(25)31)17(2)28-24/h6,8-10,12-14,21H,3-5,7,11,15-16H2,1-2H3,(H2,25,31)/t21-/m1/s1. The molecule has 0 saturated carbocycles. The molecular weight excluding hydrogens is 404 g/mol. The molecule has 168 valence electrons. The van der Waals surface area contributed by atoms with Gasteiger partial charge in [0.05, 0.1) is 30.5 Å². The first-order valence-corrected chi connectivity index (χ1v) is 11.1. The topological polar surface area (TPSA) is 99.2 Å². The summed E-state index contributed by atoms with van der Waals surface area (Å²) in [6.45, 7) is 6.87. The van der Waals surface area contributed by atoms with Crippen molar-refractivity contribution in [2.75, 3.05) is 13.2 Å². The van der Waals surface area contributed by atoms with E-state index in [0.717, 1.165) is 49.5 Å². The number of hydrogen-bond acceptors (Lipinski definition) is 6. The number of aromatic nitrogens is 4. The van der Waals surface area contributed by atoms with Gasteiger partial charge in [-0.2, -0.15) is 5.10 Å². The van der Waals surface area contributed by atoms with Crippen molar-refractivity contribution in [1.82, 2.24) is 24.6 Å². The molecule has 2 N–H and O–H groups in total. The van der Waals surface area contributed by atoms with E-state index < -0.39 is 5.91 Å². The first kappa shape index (κ1) is 22.0. The lowest BCUT2D eigenvalue weighted by Gasteiger charge is -2.35. The number of benzene rings is 1. The number of aryl methyl sites for hydroxylation is 1. The molecule has 1 fully saturated rings. The van der Waals surface area contributed by atoms with Crippen LogP contribution in [-0.2, 0) is 13.1 Å². The molecule has 1 saturated heterocycles. The molecule has 1 aromatic carbocycles. The third-order valence-corrected chi connectivity index (χ3v) is 5.88.